The van der Waals surface area contributed by atoms with Crippen LogP contribution in [0.3, 0.4) is 0 Å². The summed E-state index contributed by atoms with van der Waals surface area (Å²) in [5.41, 5.74) is 13.7. The van der Waals surface area contributed by atoms with Crippen LogP contribution in [0.15, 0.2) is 211 Å². The normalized spacial score (nSPS) is 13.1. The van der Waals surface area contributed by atoms with Gasteiger partial charge >= 0.3 is 0 Å². The molecule has 56 heavy (non-hydrogen) atoms. The van der Waals surface area contributed by atoms with Gasteiger partial charge in [0.1, 0.15) is 11.2 Å². The van der Waals surface area contributed by atoms with Crippen LogP contribution in [0.4, 0.5) is 0 Å². The van der Waals surface area contributed by atoms with Gasteiger partial charge in [0.2, 0.25) is 0 Å². The van der Waals surface area contributed by atoms with Gasteiger partial charge in [0.05, 0.1) is 5.41 Å². The van der Waals surface area contributed by atoms with E-state index in [1.54, 1.807) is 0 Å². The van der Waals surface area contributed by atoms with E-state index in [1.807, 2.05) is 0 Å². The Morgan fingerprint density at radius 3 is 1.50 bits per heavy atom. The summed E-state index contributed by atoms with van der Waals surface area (Å²) in [4.78, 5) is 0. The van der Waals surface area contributed by atoms with Crippen LogP contribution in [0.25, 0.3) is 87.6 Å². The van der Waals surface area contributed by atoms with Gasteiger partial charge in [-0.1, -0.05) is 176 Å². The lowest BCUT2D eigenvalue weighted by molar-refractivity contribution is 0.664. The van der Waals surface area contributed by atoms with Crippen LogP contribution in [-0.4, -0.2) is 0 Å². The zero-order valence-electron chi connectivity index (χ0n) is 30.5. The second-order valence-electron chi connectivity index (χ2n) is 15.1. The number of hydrogen-bond donors (Lipinski definition) is 0. The van der Waals surface area contributed by atoms with Crippen molar-refractivity contribution in [1.82, 2.24) is 0 Å². The van der Waals surface area contributed by atoms with E-state index in [1.165, 1.54) is 87.6 Å². The smallest absolute Gasteiger partial charge is 0.136 e. The average molecular weight is 711 g/mol. The van der Waals surface area contributed by atoms with Crippen molar-refractivity contribution >= 4 is 54.3 Å². The molecule has 0 radical (unpaired) electrons. The van der Waals surface area contributed by atoms with E-state index in [0.29, 0.717) is 0 Å². The minimum atomic E-state index is -0.486. The van der Waals surface area contributed by atoms with Gasteiger partial charge in [0.25, 0.3) is 0 Å². The van der Waals surface area contributed by atoms with Crippen LogP contribution in [0.5, 0.6) is 0 Å². The maximum absolute atomic E-state index is 6.71. The van der Waals surface area contributed by atoms with Crippen LogP contribution in [0.1, 0.15) is 22.3 Å². The fourth-order valence-corrected chi connectivity index (χ4v) is 9.98. The van der Waals surface area contributed by atoms with E-state index in [2.05, 4.69) is 206 Å². The number of fused-ring (bicyclic) bond motifs is 3. The molecular formula is C55H34O. The molecule has 10 aromatic carbocycles. The van der Waals surface area contributed by atoms with Gasteiger partial charge in [-0.25, -0.2) is 0 Å². The molecule has 0 unspecified atom stereocenters. The molecule has 11 aromatic rings. The number of rotatable bonds is 5. The van der Waals surface area contributed by atoms with Gasteiger partial charge in [-0.15, -0.1) is 0 Å². The highest BCUT2D eigenvalue weighted by Crippen LogP contribution is 2.57. The van der Waals surface area contributed by atoms with Crippen LogP contribution in [-0.2, 0) is 5.41 Å². The molecule has 0 bridgehead atoms. The first-order valence-corrected chi connectivity index (χ1v) is 19.4. The molecule has 1 heteroatoms. The van der Waals surface area contributed by atoms with Gasteiger partial charge in [0.15, 0.2) is 0 Å². The van der Waals surface area contributed by atoms with Crippen molar-refractivity contribution in [1.29, 1.82) is 0 Å². The summed E-state index contributed by atoms with van der Waals surface area (Å²) in [6, 6.07) is 75.8. The molecule has 1 aliphatic rings. The van der Waals surface area contributed by atoms with E-state index >= 15 is 0 Å². The molecule has 0 aliphatic heterocycles. The molecule has 260 valence electrons. The summed E-state index contributed by atoms with van der Waals surface area (Å²) >= 11 is 0. The lowest BCUT2D eigenvalue weighted by Gasteiger charge is -2.34. The Bertz CT molecular complexity index is 3250. The minimum absolute atomic E-state index is 0.486. The molecule has 1 nitrogen and oxygen atoms in total. The first-order chi connectivity index (χ1) is 27.8. The highest BCUT2D eigenvalue weighted by Gasteiger charge is 2.46. The number of hydrogen-bond acceptors (Lipinski definition) is 1. The first-order valence-electron chi connectivity index (χ1n) is 19.4. The SMILES string of the molecule is c1ccc(C2(c3ccccc3)c3cccc4oc5cc(-c6cccc(-c7c8ccccc8c(-c8ccc9ccccc9c8)c8ccccc78)c6)cc2c5c34)cc1. The largest absolute Gasteiger partial charge is 0.456 e. The number of furan rings is 1. The van der Waals surface area contributed by atoms with Crippen molar-refractivity contribution < 1.29 is 4.42 Å². The summed E-state index contributed by atoms with van der Waals surface area (Å²) in [6.45, 7) is 0. The molecule has 0 spiro atoms. The average Bonchev–Trinajstić information content (AvgIpc) is 3.81. The predicted octanol–water partition coefficient (Wildman–Crippen LogP) is 14.7. The van der Waals surface area contributed by atoms with Crippen molar-refractivity contribution in [3.05, 3.63) is 229 Å². The third kappa shape index (κ3) is 4.31. The fourth-order valence-electron chi connectivity index (χ4n) is 9.98. The Hall–Kier alpha value is -7.22. The Labute approximate surface area is 324 Å². The molecule has 0 N–H and O–H groups in total. The van der Waals surface area contributed by atoms with Crippen LogP contribution >= 0.6 is 0 Å². The third-order valence-electron chi connectivity index (χ3n) is 12.3. The molecular weight excluding hydrogens is 677 g/mol. The molecule has 1 heterocycles. The van der Waals surface area contributed by atoms with Crippen LogP contribution in [0, 0.1) is 0 Å². The molecule has 0 amide bonds. The van der Waals surface area contributed by atoms with Gasteiger partial charge in [0, 0.05) is 10.8 Å². The summed E-state index contributed by atoms with van der Waals surface area (Å²) in [5, 5.41) is 9.93. The molecule has 0 fully saturated rings. The monoisotopic (exact) mass is 710 g/mol. The second-order valence-corrected chi connectivity index (χ2v) is 15.1. The molecule has 0 saturated heterocycles. The summed E-state index contributed by atoms with van der Waals surface area (Å²) in [7, 11) is 0. The lowest BCUT2D eigenvalue weighted by Crippen LogP contribution is -2.28. The maximum Gasteiger partial charge on any atom is 0.136 e. The Kier molecular flexibility index (Phi) is 6.62. The zero-order chi connectivity index (χ0) is 36.8. The van der Waals surface area contributed by atoms with E-state index in [-0.39, 0.29) is 0 Å². The first kappa shape index (κ1) is 31.2. The standard InChI is InChI=1S/C55H34O/c1-3-19-41(20-4-1)55(42-21-5-2-6-22-42)47-27-14-28-49-53(47)54-48(55)33-40(34-50(54)56-49)37-17-13-18-38(32-37)51-43-23-9-11-25-45(43)52(46-26-12-10-24-44(46)51)39-30-29-35-15-7-8-16-36(35)31-39/h1-34H. The number of benzene rings is 10. The van der Waals surface area contributed by atoms with Crippen LogP contribution in [0.2, 0.25) is 0 Å². The molecule has 0 saturated carbocycles. The van der Waals surface area contributed by atoms with Gasteiger partial charge in [-0.2, -0.15) is 0 Å². The second kappa shape index (κ2) is 11.9. The zero-order valence-corrected chi connectivity index (χ0v) is 30.5. The van der Waals surface area contributed by atoms with E-state index in [4.69, 9.17) is 4.42 Å². The fraction of sp³-hybridized carbons (Fsp3) is 0.0182. The van der Waals surface area contributed by atoms with Gasteiger partial charge in [-0.05, 0) is 118 Å². The predicted molar refractivity (Wildman–Crippen MR) is 234 cm³/mol. The summed E-state index contributed by atoms with van der Waals surface area (Å²) in [5.74, 6) is 0. The Morgan fingerprint density at radius 1 is 0.304 bits per heavy atom. The Balaban J connectivity index is 1.10. The third-order valence-corrected chi connectivity index (χ3v) is 12.3. The van der Waals surface area contributed by atoms with Gasteiger partial charge < -0.3 is 4.42 Å². The molecule has 0 atom stereocenters. The molecule has 12 rings (SSSR count). The molecule has 1 aliphatic carbocycles. The lowest BCUT2D eigenvalue weighted by atomic mass is 9.67. The van der Waals surface area contributed by atoms with Crippen molar-refractivity contribution in [2.24, 2.45) is 0 Å². The van der Waals surface area contributed by atoms with E-state index in [9.17, 15) is 0 Å². The maximum atomic E-state index is 6.71. The highest BCUT2D eigenvalue weighted by molar-refractivity contribution is 6.22. The van der Waals surface area contributed by atoms with Crippen molar-refractivity contribution in [2.75, 3.05) is 0 Å². The van der Waals surface area contributed by atoms with Crippen LogP contribution < -0.4 is 0 Å². The minimum Gasteiger partial charge on any atom is -0.456 e. The summed E-state index contributed by atoms with van der Waals surface area (Å²) < 4.78 is 6.71. The van der Waals surface area contributed by atoms with Crippen molar-refractivity contribution in [2.45, 2.75) is 5.41 Å². The summed E-state index contributed by atoms with van der Waals surface area (Å²) in [6.07, 6.45) is 0. The topological polar surface area (TPSA) is 13.1 Å². The Morgan fingerprint density at radius 2 is 0.839 bits per heavy atom. The van der Waals surface area contributed by atoms with E-state index in [0.717, 1.165) is 22.3 Å². The van der Waals surface area contributed by atoms with Crippen molar-refractivity contribution in [3.8, 4) is 33.4 Å². The highest BCUT2D eigenvalue weighted by atomic mass is 16.3. The van der Waals surface area contributed by atoms with E-state index < -0.39 is 5.41 Å². The van der Waals surface area contributed by atoms with Gasteiger partial charge in [-0.3, -0.25) is 0 Å². The molecule has 1 aromatic heterocycles. The van der Waals surface area contributed by atoms with Crippen molar-refractivity contribution in [3.63, 3.8) is 0 Å². The quantitative estimate of drug-likeness (QED) is 0.162.